The summed E-state index contributed by atoms with van der Waals surface area (Å²) >= 11 is 1.26. The summed E-state index contributed by atoms with van der Waals surface area (Å²) in [6.07, 6.45) is 1.67. The van der Waals surface area contributed by atoms with Crippen molar-refractivity contribution in [3.63, 3.8) is 0 Å². The maximum atomic E-state index is 12.2. The van der Waals surface area contributed by atoms with Crippen molar-refractivity contribution >= 4 is 34.5 Å². The third-order valence-electron chi connectivity index (χ3n) is 4.43. The number of hydrogen-bond donors (Lipinski definition) is 2. The Hall–Kier alpha value is -3.26. The number of rotatable bonds is 9. The lowest BCUT2D eigenvalue weighted by molar-refractivity contribution is -0.121. The van der Waals surface area contributed by atoms with Crippen LogP contribution >= 0.6 is 11.3 Å². The van der Waals surface area contributed by atoms with E-state index in [9.17, 15) is 9.59 Å². The summed E-state index contributed by atoms with van der Waals surface area (Å²) in [5.41, 5.74) is 2.90. The molecule has 7 nitrogen and oxygen atoms in total. The van der Waals surface area contributed by atoms with Gasteiger partial charge in [-0.05, 0) is 36.2 Å². The topological polar surface area (TPSA) is 87.2 Å². The summed E-state index contributed by atoms with van der Waals surface area (Å²) in [7, 11) is 3.99. The molecule has 8 heteroatoms. The average molecular weight is 424 g/mol. The van der Waals surface area contributed by atoms with E-state index < -0.39 is 0 Å². The van der Waals surface area contributed by atoms with Gasteiger partial charge in [-0.3, -0.25) is 9.59 Å². The van der Waals surface area contributed by atoms with Crippen LogP contribution in [0, 0.1) is 0 Å². The minimum absolute atomic E-state index is 0.00162. The van der Waals surface area contributed by atoms with Gasteiger partial charge in [-0.1, -0.05) is 41.7 Å². The standard InChI is InChI=1S/C22H25N5O2S/c1-27(2)18-13-11-16(12-14-18)15-23-19(28)9-6-10-20-25-26-22(30-20)21(29)24-17-7-4-3-5-8-17/h3-5,7-8,11-14H,6,9-10,15H2,1-2H3,(H,23,28)(H,24,29). The van der Waals surface area contributed by atoms with Gasteiger partial charge in [-0.2, -0.15) is 0 Å². The van der Waals surface area contributed by atoms with Crippen LogP contribution < -0.4 is 15.5 Å². The minimum atomic E-state index is -0.275. The molecule has 0 spiro atoms. The van der Waals surface area contributed by atoms with Crippen molar-refractivity contribution in [2.75, 3.05) is 24.3 Å². The van der Waals surface area contributed by atoms with E-state index in [2.05, 4.69) is 20.8 Å². The van der Waals surface area contributed by atoms with Crippen LogP contribution in [0.25, 0.3) is 0 Å². The zero-order valence-corrected chi connectivity index (χ0v) is 17.9. The Morgan fingerprint density at radius 3 is 2.43 bits per heavy atom. The van der Waals surface area contributed by atoms with Crippen molar-refractivity contribution in [2.24, 2.45) is 0 Å². The third kappa shape index (κ3) is 6.38. The van der Waals surface area contributed by atoms with Gasteiger partial charge in [-0.15, -0.1) is 10.2 Å². The first-order valence-electron chi connectivity index (χ1n) is 9.73. The van der Waals surface area contributed by atoms with Gasteiger partial charge in [0.15, 0.2) is 0 Å². The fourth-order valence-corrected chi connectivity index (χ4v) is 3.53. The van der Waals surface area contributed by atoms with Gasteiger partial charge in [0.2, 0.25) is 10.9 Å². The van der Waals surface area contributed by atoms with Gasteiger partial charge in [0.1, 0.15) is 5.01 Å². The fourth-order valence-electron chi connectivity index (χ4n) is 2.75. The molecule has 0 bridgehead atoms. The van der Waals surface area contributed by atoms with Gasteiger partial charge in [0, 0.05) is 44.9 Å². The van der Waals surface area contributed by atoms with Crippen molar-refractivity contribution in [3.05, 3.63) is 70.2 Å². The molecule has 0 radical (unpaired) electrons. The molecule has 3 rings (SSSR count). The van der Waals surface area contributed by atoms with Crippen LogP contribution in [0.5, 0.6) is 0 Å². The molecule has 0 aliphatic rings. The number of para-hydroxylation sites is 1. The van der Waals surface area contributed by atoms with E-state index in [0.29, 0.717) is 36.5 Å². The molecule has 2 aromatic carbocycles. The monoisotopic (exact) mass is 423 g/mol. The van der Waals surface area contributed by atoms with Gasteiger partial charge in [0.05, 0.1) is 0 Å². The molecule has 156 valence electrons. The quantitative estimate of drug-likeness (QED) is 0.550. The highest BCUT2D eigenvalue weighted by Crippen LogP contribution is 2.15. The number of amides is 2. The van der Waals surface area contributed by atoms with Crippen molar-refractivity contribution in [3.8, 4) is 0 Å². The van der Waals surface area contributed by atoms with Crippen molar-refractivity contribution in [2.45, 2.75) is 25.8 Å². The highest BCUT2D eigenvalue weighted by atomic mass is 32.1. The highest BCUT2D eigenvalue weighted by Gasteiger charge is 2.13. The first-order chi connectivity index (χ1) is 14.5. The molecule has 30 heavy (non-hydrogen) atoms. The van der Waals surface area contributed by atoms with Crippen LogP contribution in [0.1, 0.15) is 33.2 Å². The van der Waals surface area contributed by atoms with Gasteiger partial charge < -0.3 is 15.5 Å². The van der Waals surface area contributed by atoms with E-state index in [1.807, 2.05) is 73.6 Å². The van der Waals surface area contributed by atoms with Crippen molar-refractivity contribution in [1.29, 1.82) is 0 Å². The van der Waals surface area contributed by atoms with E-state index in [4.69, 9.17) is 0 Å². The molecule has 1 heterocycles. The number of hydrogen-bond acceptors (Lipinski definition) is 6. The smallest absolute Gasteiger partial charge is 0.286 e. The number of carbonyl (C=O) groups excluding carboxylic acids is 2. The Bertz CT molecular complexity index is 971. The van der Waals surface area contributed by atoms with E-state index in [0.717, 1.165) is 16.3 Å². The molecule has 0 aliphatic carbocycles. The molecule has 3 aromatic rings. The number of aromatic nitrogens is 2. The zero-order chi connectivity index (χ0) is 21.3. The molecule has 2 N–H and O–H groups in total. The van der Waals surface area contributed by atoms with Crippen molar-refractivity contribution in [1.82, 2.24) is 15.5 Å². The zero-order valence-electron chi connectivity index (χ0n) is 17.1. The second-order valence-corrected chi connectivity index (χ2v) is 8.07. The summed E-state index contributed by atoms with van der Waals surface area (Å²) in [5, 5.41) is 14.8. The van der Waals surface area contributed by atoms with E-state index >= 15 is 0 Å². The normalized spacial score (nSPS) is 10.5. The van der Waals surface area contributed by atoms with Crippen LogP contribution in [0.15, 0.2) is 54.6 Å². The molecule has 1 aromatic heterocycles. The van der Waals surface area contributed by atoms with Crippen LogP contribution in [0.2, 0.25) is 0 Å². The Labute approximate surface area is 180 Å². The van der Waals surface area contributed by atoms with E-state index in [-0.39, 0.29) is 11.8 Å². The van der Waals surface area contributed by atoms with Gasteiger partial charge >= 0.3 is 0 Å². The summed E-state index contributed by atoms with van der Waals surface area (Å²) in [5.74, 6) is -0.277. The predicted octanol–water partition coefficient (Wildman–Crippen LogP) is 3.50. The summed E-state index contributed by atoms with van der Waals surface area (Å²) < 4.78 is 0. The lowest BCUT2D eigenvalue weighted by atomic mass is 10.2. The van der Waals surface area contributed by atoms with Crippen LogP contribution in [-0.4, -0.2) is 36.1 Å². The lowest BCUT2D eigenvalue weighted by Gasteiger charge is -2.12. The number of nitrogens with one attached hydrogen (secondary N) is 2. The van der Waals surface area contributed by atoms with Crippen LogP contribution in [0.3, 0.4) is 0 Å². The lowest BCUT2D eigenvalue weighted by Crippen LogP contribution is -2.22. The van der Waals surface area contributed by atoms with E-state index in [1.165, 1.54) is 11.3 Å². The van der Waals surface area contributed by atoms with E-state index in [1.54, 1.807) is 0 Å². The SMILES string of the molecule is CN(C)c1ccc(CNC(=O)CCCc2nnc(C(=O)Nc3ccccc3)s2)cc1. The fraction of sp³-hybridized carbons (Fsp3) is 0.273. The molecule has 0 aliphatic heterocycles. The molecular weight excluding hydrogens is 398 g/mol. The second-order valence-electron chi connectivity index (χ2n) is 7.01. The first-order valence-corrected chi connectivity index (χ1v) is 10.5. The number of aryl methyl sites for hydroxylation is 1. The van der Waals surface area contributed by atoms with Crippen molar-refractivity contribution < 1.29 is 9.59 Å². The molecular formula is C22H25N5O2S. The largest absolute Gasteiger partial charge is 0.378 e. The number of nitrogens with zero attached hydrogens (tertiary/aromatic N) is 3. The molecule has 0 unspecified atom stereocenters. The maximum absolute atomic E-state index is 12.2. The Morgan fingerprint density at radius 1 is 1.00 bits per heavy atom. The molecule has 0 saturated carbocycles. The van der Waals surface area contributed by atoms with Gasteiger partial charge in [0.25, 0.3) is 5.91 Å². The minimum Gasteiger partial charge on any atom is -0.378 e. The maximum Gasteiger partial charge on any atom is 0.286 e. The molecule has 2 amide bonds. The first kappa shape index (κ1) is 21.4. The number of benzene rings is 2. The Morgan fingerprint density at radius 2 is 1.73 bits per heavy atom. The Balaban J connectivity index is 1.38. The number of anilines is 2. The average Bonchev–Trinajstić information content (AvgIpc) is 3.22. The predicted molar refractivity (Wildman–Crippen MR) is 120 cm³/mol. The van der Waals surface area contributed by atoms with Gasteiger partial charge in [-0.25, -0.2) is 0 Å². The van der Waals surface area contributed by atoms with Crippen LogP contribution in [0.4, 0.5) is 11.4 Å². The molecule has 0 fully saturated rings. The molecule has 0 atom stereocenters. The number of carbonyl (C=O) groups is 2. The molecule has 0 saturated heterocycles. The summed E-state index contributed by atoms with van der Waals surface area (Å²) in [6.45, 7) is 0.509. The van der Waals surface area contributed by atoms with Crippen LogP contribution in [-0.2, 0) is 17.8 Å². The third-order valence-corrected chi connectivity index (χ3v) is 5.41. The summed E-state index contributed by atoms with van der Waals surface area (Å²) in [6, 6.07) is 17.3. The highest BCUT2D eigenvalue weighted by molar-refractivity contribution is 7.13. The second kappa shape index (κ2) is 10.5. The summed E-state index contributed by atoms with van der Waals surface area (Å²) in [4.78, 5) is 26.3. The Kier molecular flexibility index (Phi) is 7.51.